The molecule has 1 saturated carbocycles. The smallest absolute Gasteiger partial charge is 0.253 e. The molecule has 6 nitrogen and oxygen atoms in total. The Morgan fingerprint density at radius 3 is 2.43 bits per heavy atom. The minimum absolute atomic E-state index is 0.105. The van der Waals surface area contributed by atoms with Gasteiger partial charge in [0.2, 0.25) is 0 Å². The Morgan fingerprint density at radius 2 is 1.74 bits per heavy atom. The van der Waals surface area contributed by atoms with Crippen molar-refractivity contribution in [3.63, 3.8) is 0 Å². The zero-order valence-electron chi connectivity index (χ0n) is 20.6. The van der Waals surface area contributed by atoms with Crippen molar-refractivity contribution in [2.24, 2.45) is 7.05 Å². The van der Waals surface area contributed by atoms with Crippen LogP contribution in [0.3, 0.4) is 0 Å². The van der Waals surface area contributed by atoms with Crippen molar-refractivity contribution in [2.75, 3.05) is 19.7 Å². The van der Waals surface area contributed by atoms with E-state index in [2.05, 4.69) is 69.4 Å². The van der Waals surface area contributed by atoms with E-state index < -0.39 is 6.10 Å². The number of morpholine rings is 1. The minimum Gasteiger partial charge on any atom is -0.366 e. The van der Waals surface area contributed by atoms with E-state index in [0.29, 0.717) is 25.6 Å². The average Bonchev–Trinajstić information content (AvgIpc) is 3.32. The lowest BCUT2D eigenvalue weighted by atomic mass is 9.81. The van der Waals surface area contributed by atoms with Crippen LogP contribution in [0, 0.1) is 0 Å². The van der Waals surface area contributed by atoms with Crippen LogP contribution in [-0.4, -0.2) is 57.1 Å². The molecule has 1 unspecified atom stereocenters. The molecule has 0 spiro atoms. The van der Waals surface area contributed by atoms with Crippen molar-refractivity contribution in [3.8, 4) is 0 Å². The van der Waals surface area contributed by atoms with Crippen molar-refractivity contribution >= 4 is 5.91 Å². The van der Waals surface area contributed by atoms with Gasteiger partial charge >= 0.3 is 0 Å². The van der Waals surface area contributed by atoms with Gasteiger partial charge in [-0.05, 0) is 42.7 Å². The first kappa shape index (κ1) is 23.8. The number of aryl methyl sites for hydroxylation is 1. The Kier molecular flexibility index (Phi) is 7.60. The van der Waals surface area contributed by atoms with E-state index in [9.17, 15) is 4.79 Å². The number of nitrogens with zero attached hydrogens (tertiary/aromatic N) is 4. The van der Waals surface area contributed by atoms with Gasteiger partial charge in [-0.2, -0.15) is 0 Å². The van der Waals surface area contributed by atoms with Gasteiger partial charge in [0.1, 0.15) is 11.9 Å². The molecule has 1 aromatic heterocycles. The largest absolute Gasteiger partial charge is 0.366 e. The molecule has 1 aliphatic carbocycles. The maximum atomic E-state index is 13.9. The van der Waals surface area contributed by atoms with Crippen LogP contribution < -0.4 is 0 Å². The molecule has 1 aliphatic heterocycles. The van der Waals surface area contributed by atoms with Gasteiger partial charge in [0, 0.05) is 45.1 Å². The van der Waals surface area contributed by atoms with Gasteiger partial charge in [-0.3, -0.25) is 9.69 Å². The SMILES string of the molecule is Cn1ccnc1CN(C(=O)C1CN(Cc2ccccc2)CCO1)C1CCC(c2ccccc2)CC1. The lowest BCUT2D eigenvalue weighted by Crippen LogP contribution is -2.53. The van der Waals surface area contributed by atoms with E-state index in [0.717, 1.165) is 44.6 Å². The molecule has 3 aromatic rings. The van der Waals surface area contributed by atoms with E-state index in [1.807, 2.05) is 30.1 Å². The number of aromatic nitrogens is 2. The second-order valence-corrected chi connectivity index (χ2v) is 9.92. The second kappa shape index (κ2) is 11.2. The number of rotatable bonds is 7. The third kappa shape index (κ3) is 5.82. The average molecular weight is 473 g/mol. The molecule has 2 heterocycles. The number of benzene rings is 2. The van der Waals surface area contributed by atoms with Crippen molar-refractivity contribution in [1.82, 2.24) is 19.4 Å². The van der Waals surface area contributed by atoms with Crippen molar-refractivity contribution in [1.29, 1.82) is 0 Å². The molecule has 1 amide bonds. The highest BCUT2D eigenvalue weighted by atomic mass is 16.5. The van der Waals surface area contributed by atoms with Crippen molar-refractivity contribution < 1.29 is 9.53 Å². The molecular formula is C29H36N4O2. The Morgan fingerprint density at radius 1 is 1.03 bits per heavy atom. The molecule has 5 rings (SSSR count). The Labute approximate surface area is 208 Å². The highest BCUT2D eigenvalue weighted by molar-refractivity contribution is 5.81. The Bertz CT molecular complexity index is 1080. The third-order valence-corrected chi connectivity index (χ3v) is 7.60. The molecule has 2 fully saturated rings. The fourth-order valence-corrected chi connectivity index (χ4v) is 5.56. The van der Waals surface area contributed by atoms with Gasteiger partial charge in [-0.1, -0.05) is 60.7 Å². The first-order valence-electron chi connectivity index (χ1n) is 12.9. The molecular weight excluding hydrogens is 436 g/mol. The Balaban J connectivity index is 1.28. The monoisotopic (exact) mass is 472 g/mol. The quantitative estimate of drug-likeness (QED) is 0.512. The van der Waals surface area contributed by atoms with Crippen LogP contribution in [-0.2, 0) is 29.7 Å². The van der Waals surface area contributed by atoms with Crippen LogP contribution in [0.1, 0.15) is 48.6 Å². The van der Waals surface area contributed by atoms with Crippen LogP contribution in [0.2, 0.25) is 0 Å². The van der Waals surface area contributed by atoms with Crippen LogP contribution in [0.5, 0.6) is 0 Å². The molecule has 0 N–H and O–H groups in total. The van der Waals surface area contributed by atoms with Crippen LogP contribution in [0.25, 0.3) is 0 Å². The van der Waals surface area contributed by atoms with Gasteiger partial charge in [0.25, 0.3) is 5.91 Å². The van der Waals surface area contributed by atoms with E-state index in [4.69, 9.17) is 4.74 Å². The minimum atomic E-state index is -0.431. The molecule has 2 aromatic carbocycles. The summed E-state index contributed by atoms with van der Waals surface area (Å²) in [7, 11) is 2.00. The lowest BCUT2D eigenvalue weighted by Gasteiger charge is -2.40. The molecule has 2 aliphatic rings. The Hall–Kier alpha value is -2.96. The van der Waals surface area contributed by atoms with Gasteiger partial charge < -0.3 is 14.2 Å². The number of carbonyl (C=O) groups is 1. The summed E-state index contributed by atoms with van der Waals surface area (Å²) in [5.74, 6) is 1.60. The number of carbonyl (C=O) groups excluding carboxylic acids is 1. The second-order valence-electron chi connectivity index (χ2n) is 9.92. The first-order valence-corrected chi connectivity index (χ1v) is 12.9. The molecule has 1 atom stereocenters. The predicted molar refractivity (Wildman–Crippen MR) is 137 cm³/mol. The molecule has 1 saturated heterocycles. The molecule has 6 heteroatoms. The number of ether oxygens (including phenoxy) is 1. The highest BCUT2D eigenvalue weighted by Crippen LogP contribution is 2.35. The summed E-state index contributed by atoms with van der Waals surface area (Å²) in [6.07, 6.45) is 7.55. The summed E-state index contributed by atoms with van der Waals surface area (Å²) in [5.41, 5.74) is 2.68. The van der Waals surface area contributed by atoms with E-state index in [1.165, 1.54) is 11.1 Å². The number of amides is 1. The van der Waals surface area contributed by atoms with Crippen molar-refractivity contribution in [3.05, 3.63) is 90.0 Å². The van der Waals surface area contributed by atoms with E-state index in [-0.39, 0.29) is 11.9 Å². The molecule has 0 bridgehead atoms. The summed E-state index contributed by atoms with van der Waals surface area (Å²) in [6.45, 7) is 3.43. The fourth-order valence-electron chi connectivity index (χ4n) is 5.56. The first-order chi connectivity index (χ1) is 17.2. The summed E-state index contributed by atoms with van der Waals surface area (Å²) < 4.78 is 8.07. The summed E-state index contributed by atoms with van der Waals surface area (Å²) >= 11 is 0. The van der Waals surface area contributed by atoms with Gasteiger partial charge in [0.05, 0.1) is 13.2 Å². The van der Waals surface area contributed by atoms with Gasteiger partial charge in [-0.15, -0.1) is 0 Å². The van der Waals surface area contributed by atoms with E-state index in [1.54, 1.807) is 0 Å². The zero-order chi connectivity index (χ0) is 24.0. The standard InChI is InChI=1S/C29H36N4O2/c1-31-17-16-30-28(31)22-33(26-14-12-25(13-15-26)24-10-6-3-7-11-24)29(34)27-21-32(18-19-35-27)20-23-8-4-2-5-9-23/h2-11,16-17,25-27H,12-15,18-22H2,1H3. The van der Waals surface area contributed by atoms with Crippen LogP contribution in [0.4, 0.5) is 0 Å². The van der Waals surface area contributed by atoms with Crippen LogP contribution >= 0.6 is 0 Å². The maximum Gasteiger partial charge on any atom is 0.253 e. The van der Waals surface area contributed by atoms with Gasteiger partial charge in [0.15, 0.2) is 0 Å². The summed E-state index contributed by atoms with van der Waals surface area (Å²) in [5, 5.41) is 0. The van der Waals surface area contributed by atoms with Crippen molar-refractivity contribution in [2.45, 2.75) is 56.8 Å². The summed E-state index contributed by atoms with van der Waals surface area (Å²) in [4.78, 5) is 22.9. The normalized spacial score (nSPS) is 23.2. The van der Waals surface area contributed by atoms with Crippen LogP contribution in [0.15, 0.2) is 73.1 Å². The zero-order valence-corrected chi connectivity index (χ0v) is 20.6. The van der Waals surface area contributed by atoms with E-state index >= 15 is 0 Å². The lowest BCUT2D eigenvalue weighted by molar-refractivity contribution is -0.153. The highest BCUT2D eigenvalue weighted by Gasteiger charge is 2.36. The molecule has 184 valence electrons. The maximum absolute atomic E-state index is 13.9. The third-order valence-electron chi connectivity index (χ3n) is 7.60. The number of hydrogen-bond donors (Lipinski definition) is 0. The number of imidazole rings is 1. The molecule has 35 heavy (non-hydrogen) atoms. The molecule has 0 radical (unpaired) electrons. The topological polar surface area (TPSA) is 50.6 Å². The fraction of sp³-hybridized carbons (Fsp3) is 0.448. The predicted octanol–water partition coefficient (Wildman–Crippen LogP) is 4.38. The van der Waals surface area contributed by atoms with Gasteiger partial charge in [-0.25, -0.2) is 4.98 Å². The summed E-state index contributed by atoms with van der Waals surface area (Å²) in [6, 6.07) is 21.5. The number of hydrogen-bond acceptors (Lipinski definition) is 4.